The predicted octanol–water partition coefficient (Wildman–Crippen LogP) is 2.41. The first-order chi connectivity index (χ1) is 11.4. The van der Waals surface area contributed by atoms with Crippen molar-refractivity contribution in [2.75, 3.05) is 13.1 Å². The van der Waals surface area contributed by atoms with Crippen molar-refractivity contribution in [1.29, 1.82) is 0 Å². The van der Waals surface area contributed by atoms with Gasteiger partial charge >= 0.3 is 12.3 Å². The Kier molecular flexibility index (Phi) is 5.02. The third kappa shape index (κ3) is 4.43. The van der Waals surface area contributed by atoms with Crippen LogP contribution in [-0.4, -0.2) is 35.7 Å². The fourth-order valence-corrected chi connectivity index (χ4v) is 2.91. The number of carbonyl (C=O) groups excluding carboxylic acids is 2. The van der Waals surface area contributed by atoms with E-state index < -0.39 is 41.2 Å². The summed E-state index contributed by atoms with van der Waals surface area (Å²) < 4.78 is 44.9. The van der Waals surface area contributed by atoms with Crippen molar-refractivity contribution in [2.45, 2.75) is 38.5 Å². The van der Waals surface area contributed by atoms with Crippen molar-refractivity contribution < 1.29 is 32.6 Å². The van der Waals surface area contributed by atoms with E-state index in [0.717, 1.165) is 11.0 Å². The molecule has 138 valence electrons. The Morgan fingerprint density at radius 3 is 2.28 bits per heavy atom. The standard InChI is InChI=1S/C17H20F3NO4/c1-16(2,3)25-15(24)21-8-11(12(9-21)14(22)23)10-6-4-5-7-13(10)17(18,19)20/h4-7,11-12H,8-9H2,1-3H3,(H,22,23)/p-1/t11-,12+/m0/s1. The monoisotopic (exact) mass is 358 g/mol. The highest BCUT2D eigenvalue weighted by Crippen LogP contribution is 2.40. The topological polar surface area (TPSA) is 69.7 Å². The van der Waals surface area contributed by atoms with Crippen LogP contribution in [0.3, 0.4) is 0 Å². The molecule has 1 aliphatic rings. The molecule has 5 nitrogen and oxygen atoms in total. The molecule has 1 saturated heterocycles. The first-order valence-electron chi connectivity index (χ1n) is 7.75. The molecule has 0 saturated carbocycles. The van der Waals surface area contributed by atoms with Gasteiger partial charge in [0, 0.05) is 30.9 Å². The van der Waals surface area contributed by atoms with Crippen LogP contribution in [-0.2, 0) is 15.7 Å². The SMILES string of the molecule is CC(C)(C)OC(=O)N1C[C@@H](C(=O)[O-])[C@H](c2ccccc2C(F)(F)F)C1. The molecule has 1 aromatic rings. The smallest absolute Gasteiger partial charge is 0.416 e. The highest BCUT2D eigenvalue weighted by Gasteiger charge is 2.43. The maximum absolute atomic E-state index is 13.2. The molecular weight excluding hydrogens is 339 g/mol. The number of aliphatic carboxylic acids is 1. The average Bonchev–Trinajstić information content (AvgIpc) is 2.90. The predicted molar refractivity (Wildman–Crippen MR) is 80.5 cm³/mol. The van der Waals surface area contributed by atoms with Gasteiger partial charge in [-0.15, -0.1) is 0 Å². The van der Waals surface area contributed by atoms with E-state index in [9.17, 15) is 27.9 Å². The number of carboxylic acids is 1. The van der Waals surface area contributed by atoms with E-state index in [1.54, 1.807) is 20.8 Å². The zero-order valence-corrected chi connectivity index (χ0v) is 14.1. The fourth-order valence-electron chi connectivity index (χ4n) is 2.91. The summed E-state index contributed by atoms with van der Waals surface area (Å²) in [5.74, 6) is -3.75. The lowest BCUT2D eigenvalue weighted by Crippen LogP contribution is -2.38. The van der Waals surface area contributed by atoms with Gasteiger partial charge in [-0.1, -0.05) is 18.2 Å². The molecule has 0 radical (unpaired) electrons. The van der Waals surface area contributed by atoms with Gasteiger partial charge in [0.15, 0.2) is 0 Å². The van der Waals surface area contributed by atoms with Crippen molar-refractivity contribution >= 4 is 12.1 Å². The van der Waals surface area contributed by atoms with Crippen LogP contribution >= 0.6 is 0 Å². The molecule has 2 rings (SSSR count). The Labute approximate surface area is 143 Å². The van der Waals surface area contributed by atoms with Crippen LogP contribution in [0.15, 0.2) is 24.3 Å². The summed E-state index contributed by atoms with van der Waals surface area (Å²) in [6, 6.07) is 4.79. The van der Waals surface area contributed by atoms with E-state index in [1.165, 1.54) is 18.2 Å². The number of carboxylic acid groups (broad SMARTS) is 1. The Morgan fingerprint density at radius 2 is 1.76 bits per heavy atom. The summed E-state index contributed by atoms with van der Waals surface area (Å²) in [6.07, 6.45) is -5.38. The van der Waals surface area contributed by atoms with Gasteiger partial charge in [-0.2, -0.15) is 13.2 Å². The molecule has 0 aromatic heterocycles. The van der Waals surface area contributed by atoms with Crippen molar-refractivity contribution in [3.63, 3.8) is 0 Å². The van der Waals surface area contributed by atoms with Gasteiger partial charge in [-0.25, -0.2) is 4.79 Å². The minimum Gasteiger partial charge on any atom is -0.550 e. The summed E-state index contributed by atoms with van der Waals surface area (Å²) in [6.45, 7) is 4.50. The van der Waals surface area contributed by atoms with Gasteiger partial charge in [0.1, 0.15) is 5.60 Å². The number of benzene rings is 1. The van der Waals surface area contributed by atoms with Gasteiger partial charge in [0.2, 0.25) is 0 Å². The molecule has 1 fully saturated rings. The third-order valence-electron chi connectivity index (χ3n) is 3.94. The average molecular weight is 358 g/mol. The molecule has 1 heterocycles. The first kappa shape index (κ1) is 19.1. The van der Waals surface area contributed by atoms with E-state index in [0.29, 0.717) is 0 Å². The molecular formula is C17H19F3NO4-. The number of alkyl halides is 3. The van der Waals surface area contributed by atoms with Crippen LogP contribution in [0.25, 0.3) is 0 Å². The highest BCUT2D eigenvalue weighted by molar-refractivity contribution is 5.74. The number of carbonyl (C=O) groups is 2. The number of halogens is 3. The van der Waals surface area contributed by atoms with Crippen LogP contribution in [0.4, 0.5) is 18.0 Å². The Morgan fingerprint density at radius 1 is 1.16 bits per heavy atom. The highest BCUT2D eigenvalue weighted by atomic mass is 19.4. The summed E-state index contributed by atoms with van der Waals surface area (Å²) in [7, 11) is 0. The zero-order chi connectivity index (χ0) is 19.0. The van der Waals surface area contributed by atoms with Gasteiger partial charge < -0.3 is 19.5 Å². The Bertz CT molecular complexity index is 667. The molecule has 0 aliphatic carbocycles. The molecule has 2 atom stereocenters. The van der Waals surface area contributed by atoms with Crippen LogP contribution in [0.2, 0.25) is 0 Å². The van der Waals surface area contributed by atoms with E-state index in [1.807, 2.05) is 0 Å². The first-order valence-corrected chi connectivity index (χ1v) is 7.75. The van der Waals surface area contributed by atoms with Gasteiger partial charge in [0.05, 0.1) is 5.56 Å². The second kappa shape index (κ2) is 6.57. The number of likely N-dealkylation sites (tertiary alicyclic amines) is 1. The molecule has 25 heavy (non-hydrogen) atoms. The summed E-state index contributed by atoms with van der Waals surface area (Å²) in [5.41, 5.74) is -1.86. The van der Waals surface area contributed by atoms with Crippen LogP contribution in [0.5, 0.6) is 0 Å². The van der Waals surface area contributed by atoms with Crippen LogP contribution in [0.1, 0.15) is 37.8 Å². The molecule has 1 aromatic carbocycles. The van der Waals surface area contributed by atoms with Gasteiger partial charge in [-0.05, 0) is 32.4 Å². The van der Waals surface area contributed by atoms with E-state index in [-0.39, 0.29) is 18.7 Å². The van der Waals surface area contributed by atoms with E-state index >= 15 is 0 Å². The third-order valence-corrected chi connectivity index (χ3v) is 3.94. The normalized spacial score (nSPS) is 21.3. The quantitative estimate of drug-likeness (QED) is 0.814. The Hall–Kier alpha value is -2.25. The lowest BCUT2D eigenvalue weighted by atomic mass is 9.86. The number of nitrogens with zero attached hydrogens (tertiary/aromatic N) is 1. The largest absolute Gasteiger partial charge is 0.550 e. The molecule has 0 unspecified atom stereocenters. The second-order valence-electron chi connectivity index (χ2n) is 7.00. The summed E-state index contributed by atoms with van der Waals surface area (Å²) >= 11 is 0. The number of ether oxygens (including phenoxy) is 1. The van der Waals surface area contributed by atoms with Gasteiger partial charge in [-0.3, -0.25) is 0 Å². The van der Waals surface area contributed by atoms with Crippen LogP contribution in [0, 0.1) is 5.92 Å². The Balaban J connectivity index is 2.34. The van der Waals surface area contributed by atoms with Crippen molar-refractivity contribution in [3.8, 4) is 0 Å². The second-order valence-corrected chi connectivity index (χ2v) is 7.00. The van der Waals surface area contributed by atoms with Crippen molar-refractivity contribution in [2.24, 2.45) is 5.92 Å². The lowest BCUT2D eigenvalue weighted by Gasteiger charge is -2.24. The van der Waals surface area contributed by atoms with Crippen LogP contribution < -0.4 is 5.11 Å². The molecule has 1 aliphatic heterocycles. The summed E-state index contributed by atoms with van der Waals surface area (Å²) in [5, 5.41) is 11.4. The van der Waals surface area contributed by atoms with E-state index in [4.69, 9.17) is 4.74 Å². The summed E-state index contributed by atoms with van der Waals surface area (Å²) in [4.78, 5) is 24.7. The van der Waals surface area contributed by atoms with Crippen molar-refractivity contribution in [3.05, 3.63) is 35.4 Å². The molecule has 1 amide bonds. The number of hydrogen-bond donors (Lipinski definition) is 0. The van der Waals surface area contributed by atoms with E-state index in [2.05, 4.69) is 0 Å². The van der Waals surface area contributed by atoms with Crippen molar-refractivity contribution in [1.82, 2.24) is 4.90 Å². The number of rotatable bonds is 2. The minimum atomic E-state index is -4.62. The number of hydrogen-bond acceptors (Lipinski definition) is 4. The lowest BCUT2D eigenvalue weighted by molar-refractivity contribution is -0.311. The van der Waals surface area contributed by atoms with Gasteiger partial charge in [0.25, 0.3) is 0 Å². The maximum Gasteiger partial charge on any atom is 0.416 e. The maximum atomic E-state index is 13.2. The molecule has 8 heteroatoms. The molecule has 0 spiro atoms. The minimum absolute atomic E-state index is 0.157. The fraction of sp³-hybridized carbons (Fsp3) is 0.529. The zero-order valence-electron chi connectivity index (χ0n) is 14.1. The number of amides is 1. The molecule has 0 bridgehead atoms. The molecule has 0 N–H and O–H groups in total.